The number of methoxy groups -OCH3 is 1. The second-order valence-electron chi connectivity index (χ2n) is 17.5. The normalized spacial score (nSPS) is 22.4. The van der Waals surface area contributed by atoms with Gasteiger partial charge in [-0.2, -0.15) is 4.98 Å². The fourth-order valence-corrected chi connectivity index (χ4v) is 12.6. The smallest absolute Gasteiger partial charge is 0.469 e. The number of rotatable bonds is 23. The Morgan fingerprint density at radius 2 is 1.60 bits per heavy atom. The molecule has 6 heterocycles. The van der Waals surface area contributed by atoms with Crippen LogP contribution in [0.2, 0.25) is 5.02 Å². The van der Waals surface area contributed by atoms with Gasteiger partial charge < -0.3 is 64.1 Å². The third-order valence-corrected chi connectivity index (χ3v) is 16.7. The van der Waals surface area contributed by atoms with Gasteiger partial charge in [0.2, 0.25) is 0 Å². The molecule has 2 unspecified atom stereocenters. The predicted molar refractivity (Wildman–Crippen MR) is 264 cm³/mol. The van der Waals surface area contributed by atoms with Gasteiger partial charge >= 0.3 is 20.3 Å². The molecule has 26 nitrogen and oxygen atoms in total. The number of nitrogens with one attached hydrogen (secondary N) is 1. The lowest BCUT2D eigenvalue weighted by Gasteiger charge is -2.30. The molecule has 6 aromatic rings. The molecule has 0 bridgehead atoms. The number of nitrogens with two attached hydrogens (primary N) is 2. The maximum Gasteiger partial charge on any atom is 0.469 e. The highest BCUT2D eigenvalue weighted by Gasteiger charge is 2.44. The summed E-state index contributed by atoms with van der Waals surface area (Å²) in [5, 5.41) is 6.04. The lowest BCUT2D eigenvalue weighted by atomic mass is 10.1. The zero-order valence-electron chi connectivity index (χ0n) is 38.9. The van der Waals surface area contributed by atoms with Crippen molar-refractivity contribution < 1.29 is 70.1 Å². The SMILES string of the molecule is COc1ccc2nc3cc(Cl)ccc3c(NCCC[N+](C)(C)CCCSP(=O)(O)O[C@H]3C[C@H](n4cnc5c(N)ncnc54)O[C@@H]3COP(=O)([O-])O[C@H]3C[C@H](n4ccc(N)nc4=O)O[C@@H]3COP(=O)(O)O)c2c1. The number of phosphoric acid groups is 2. The number of benzene rings is 2. The third-order valence-electron chi connectivity index (χ3n) is 11.9. The molecule has 8 atom stereocenters. The molecule has 8 N–H and O–H groups in total. The molecule has 4 aromatic heterocycles. The van der Waals surface area contributed by atoms with E-state index in [0.717, 1.165) is 56.4 Å². The highest BCUT2D eigenvalue weighted by Crippen LogP contribution is 2.59. The quantitative estimate of drug-likeness (QED) is 0.0225. The van der Waals surface area contributed by atoms with Gasteiger partial charge in [0.05, 0.1) is 76.7 Å². The third kappa shape index (κ3) is 13.5. The molecule has 31 heteroatoms. The summed E-state index contributed by atoms with van der Waals surface area (Å²) in [5.41, 5.74) is 13.8. The van der Waals surface area contributed by atoms with Crippen molar-refractivity contribution in [2.45, 2.75) is 62.6 Å². The van der Waals surface area contributed by atoms with E-state index >= 15 is 0 Å². The molecule has 72 heavy (non-hydrogen) atoms. The first kappa shape index (κ1) is 53.9. The first-order valence-electron chi connectivity index (χ1n) is 22.3. The number of ether oxygens (including phenoxy) is 3. The summed E-state index contributed by atoms with van der Waals surface area (Å²) in [6.07, 6.45) is -2.88. The molecule has 390 valence electrons. The minimum Gasteiger partial charge on any atom is -0.756 e. The van der Waals surface area contributed by atoms with E-state index in [-0.39, 0.29) is 41.4 Å². The number of nitrogen functional groups attached to an aromatic ring is 2. The standard InChI is InChI=1S/C41H53ClN11O15P3S/c1-53(2,13-4-11-45-37-26-8-6-24(42)16-29(26)49-28-9-7-25(62-3)17-27(28)37)14-5-15-72-71(60,61)68-31-19-36(52-23-48-38-39(44)46-22-47-40(38)52)66-33(31)21-64-70(58,59)67-30-18-35(51-12-10-34(43)50-41(51)54)65-32(30)20-63-69(55,56)57/h6-10,12,16-17,22-23,30-33,35-36H,4-5,11,13-15,18-21H2,1-3H3,(H8-,43,44,45,46,47,49,50,54,55,56,57,58,59,60,61)/t30-,31-,32+,33+,35+,36+/m0/s1. The Morgan fingerprint density at radius 3 is 2.32 bits per heavy atom. The van der Waals surface area contributed by atoms with Crippen molar-refractivity contribution in [1.29, 1.82) is 0 Å². The van der Waals surface area contributed by atoms with E-state index < -0.39 is 78.2 Å². The van der Waals surface area contributed by atoms with Gasteiger partial charge in [-0.05, 0) is 53.8 Å². The fraction of sp³-hybridized carbons (Fsp3) is 0.463. The van der Waals surface area contributed by atoms with Crippen LogP contribution < -0.4 is 32.1 Å². The topological polar surface area (TPSA) is 355 Å². The summed E-state index contributed by atoms with van der Waals surface area (Å²) < 4.78 is 80.2. The fourth-order valence-electron chi connectivity index (χ4n) is 8.44. The molecule has 0 spiro atoms. The maximum absolute atomic E-state index is 13.7. The lowest BCUT2D eigenvalue weighted by molar-refractivity contribution is -0.890. The van der Waals surface area contributed by atoms with E-state index in [0.29, 0.717) is 34.8 Å². The zero-order valence-corrected chi connectivity index (χ0v) is 43.2. The van der Waals surface area contributed by atoms with Crippen LogP contribution >= 0.6 is 45.4 Å². The van der Waals surface area contributed by atoms with Crippen LogP contribution in [0.4, 0.5) is 17.3 Å². The van der Waals surface area contributed by atoms with Crippen LogP contribution in [0.1, 0.15) is 38.1 Å². The van der Waals surface area contributed by atoms with Crippen LogP contribution in [0.5, 0.6) is 5.75 Å². The molecule has 0 saturated carbocycles. The summed E-state index contributed by atoms with van der Waals surface area (Å²) in [6.45, 7) is -3.96. The van der Waals surface area contributed by atoms with E-state index in [1.165, 1.54) is 29.5 Å². The molecule has 0 aliphatic carbocycles. The largest absolute Gasteiger partial charge is 0.756 e. The number of nitrogens with zero attached hydrogens (tertiary/aromatic N) is 8. The monoisotopic (exact) mass is 1100 g/mol. The van der Waals surface area contributed by atoms with Crippen molar-refractivity contribution in [2.24, 2.45) is 0 Å². The molecule has 2 aliphatic rings. The Kier molecular flexibility index (Phi) is 16.6. The van der Waals surface area contributed by atoms with Gasteiger partial charge in [-0.3, -0.25) is 22.7 Å². The van der Waals surface area contributed by atoms with Crippen LogP contribution in [0, 0.1) is 0 Å². The zero-order chi connectivity index (χ0) is 51.6. The second kappa shape index (κ2) is 22.2. The molecule has 0 amide bonds. The number of anilines is 3. The van der Waals surface area contributed by atoms with Crippen molar-refractivity contribution in [3.63, 3.8) is 0 Å². The van der Waals surface area contributed by atoms with Crippen molar-refractivity contribution in [2.75, 3.05) is 76.6 Å². The minimum atomic E-state index is -5.37. The minimum absolute atomic E-state index is 0.0867. The van der Waals surface area contributed by atoms with E-state index in [9.17, 15) is 38.1 Å². The van der Waals surface area contributed by atoms with Gasteiger partial charge in [0.15, 0.2) is 11.5 Å². The molecule has 2 saturated heterocycles. The Hall–Kier alpha value is -4.37. The van der Waals surface area contributed by atoms with Crippen molar-refractivity contribution in [3.8, 4) is 5.75 Å². The molecule has 0 radical (unpaired) electrons. The number of hydrogen-bond donors (Lipinski definition) is 6. The molecular weight excluding hydrogens is 1050 g/mol. The average Bonchev–Trinajstić information content (AvgIpc) is 4.04. The summed E-state index contributed by atoms with van der Waals surface area (Å²) in [6, 6.07) is 12.6. The van der Waals surface area contributed by atoms with E-state index in [1.807, 2.05) is 36.4 Å². The van der Waals surface area contributed by atoms with Crippen LogP contribution in [-0.4, -0.2) is 137 Å². The number of imidazole rings is 1. The number of pyridine rings is 1. The van der Waals surface area contributed by atoms with Crippen molar-refractivity contribution in [1.82, 2.24) is 34.1 Å². The van der Waals surface area contributed by atoms with Crippen LogP contribution in [-0.2, 0) is 41.3 Å². The van der Waals surface area contributed by atoms with Gasteiger partial charge in [0.1, 0.15) is 54.2 Å². The first-order chi connectivity index (χ1) is 34.1. The molecule has 2 aromatic carbocycles. The number of quaternary nitrogens is 1. The number of halogens is 1. The first-order valence-corrected chi connectivity index (χ1v) is 28.8. The Balaban J connectivity index is 0.882. The number of fused-ring (bicyclic) bond motifs is 3. The maximum atomic E-state index is 13.7. The van der Waals surface area contributed by atoms with Gasteiger partial charge in [-0.15, -0.1) is 0 Å². The predicted octanol–water partition coefficient (Wildman–Crippen LogP) is 4.35. The van der Waals surface area contributed by atoms with Gasteiger partial charge in [-0.1, -0.05) is 11.6 Å². The molecular formula is C41H53ClN11O15P3S. The Bertz CT molecular complexity index is 3140. The highest BCUT2D eigenvalue weighted by molar-refractivity contribution is 8.54. The molecule has 2 fully saturated rings. The molecule has 8 rings (SSSR count). The summed E-state index contributed by atoms with van der Waals surface area (Å²) in [5.74, 6) is 0.944. The second-order valence-corrected chi connectivity index (χ2v) is 24.5. The summed E-state index contributed by atoms with van der Waals surface area (Å²) >= 11 is 7.03. The Labute approximate surface area is 420 Å². The number of aromatic nitrogens is 7. The van der Waals surface area contributed by atoms with Crippen molar-refractivity contribution >= 4 is 95.7 Å². The van der Waals surface area contributed by atoms with Gasteiger partial charge in [0.25, 0.3) is 7.82 Å². The van der Waals surface area contributed by atoms with Crippen LogP contribution in [0.3, 0.4) is 0 Å². The average molecular weight is 1100 g/mol. The Morgan fingerprint density at radius 1 is 0.889 bits per heavy atom. The van der Waals surface area contributed by atoms with Crippen LogP contribution in [0.25, 0.3) is 33.0 Å². The molecule has 2 aliphatic heterocycles. The van der Waals surface area contributed by atoms with Gasteiger partial charge in [0, 0.05) is 60.0 Å². The highest BCUT2D eigenvalue weighted by atomic mass is 35.5. The van der Waals surface area contributed by atoms with E-state index in [2.05, 4.69) is 43.9 Å². The number of hydrogen-bond acceptors (Lipinski definition) is 21. The van der Waals surface area contributed by atoms with E-state index in [4.69, 9.17) is 55.8 Å². The summed E-state index contributed by atoms with van der Waals surface area (Å²) in [4.78, 5) is 76.7. The number of phosphoric ester groups is 2. The van der Waals surface area contributed by atoms with E-state index in [1.54, 1.807) is 7.11 Å². The van der Waals surface area contributed by atoms with Gasteiger partial charge in [-0.25, -0.2) is 33.9 Å². The van der Waals surface area contributed by atoms with Crippen molar-refractivity contribution in [3.05, 3.63) is 76.8 Å². The lowest BCUT2D eigenvalue weighted by Crippen LogP contribution is -2.42. The summed E-state index contributed by atoms with van der Waals surface area (Å²) in [7, 11) is -4.67. The van der Waals surface area contributed by atoms with Crippen LogP contribution in [0.15, 0.2) is 66.1 Å².